The molecule has 0 radical (unpaired) electrons. The maximum Gasteiger partial charge on any atom is 0.238 e. The summed E-state index contributed by atoms with van der Waals surface area (Å²) in [4.78, 5) is 14.4. The van der Waals surface area contributed by atoms with E-state index in [9.17, 15) is 4.79 Å². The van der Waals surface area contributed by atoms with E-state index in [0.717, 1.165) is 29.3 Å². The molecule has 128 valence electrons. The van der Waals surface area contributed by atoms with Crippen LogP contribution >= 0.6 is 0 Å². The van der Waals surface area contributed by atoms with Crippen LogP contribution in [0.15, 0.2) is 48.5 Å². The van der Waals surface area contributed by atoms with Crippen LogP contribution in [0.4, 0.5) is 5.69 Å². The molecule has 0 saturated heterocycles. The number of carbonyl (C=O) groups excluding carboxylic acids is 1. The minimum atomic E-state index is -0.0481. The van der Waals surface area contributed by atoms with Crippen LogP contribution in [0, 0.1) is 0 Å². The third-order valence-corrected chi connectivity index (χ3v) is 3.71. The molecule has 0 aliphatic heterocycles. The zero-order chi connectivity index (χ0) is 17.4. The molecule has 2 rings (SSSR count). The second-order valence-electron chi connectivity index (χ2n) is 5.43. The van der Waals surface area contributed by atoms with E-state index >= 15 is 0 Å². The monoisotopic (exact) mass is 328 g/mol. The van der Waals surface area contributed by atoms with E-state index in [4.69, 9.17) is 9.47 Å². The molecule has 0 unspecified atom stereocenters. The molecule has 2 aromatic rings. The van der Waals surface area contributed by atoms with Gasteiger partial charge in [0.1, 0.15) is 11.5 Å². The largest absolute Gasteiger partial charge is 0.497 e. The molecule has 1 amide bonds. The average molecular weight is 328 g/mol. The Kier molecular flexibility index (Phi) is 6.63. The Bertz CT molecular complexity index is 673. The number of hydrogen-bond acceptors (Lipinski definition) is 4. The molecular formula is C19H24N2O3. The lowest BCUT2D eigenvalue weighted by Crippen LogP contribution is -2.32. The fourth-order valence-corrected chi connectivity index (χ4v) is 2.41. The van der Waals surface area contributed by atoms with E-state index in [1.807, 2.05) is 49.4 Å². The summed E-state index contributed by atoms with van der Waals surface area (Å²) >= 11 is 0. The molecule has 0 saturated carbocycles. The lowest BCUT2D eigenvalue weighted by Gasteiger charge is -2.20. The minimum absolute atomic E-state index is 0.0481. The van der Waals surface area contributed by atoms with E-state index in [1.54, 1.807) is 20.3 Å². The predicted molar refractivity (Wildman–Crippen MR) is 95.6 cm³/mol. The third-order valence-electron chi connectivity index (χ3n) is 3.71. The van der Waals surface area contributed by atoms with Gasteiger partial charge in [-0.15, -0.1) is 0 Å². The lowest BCUT2D eigenvalue weighted by molar-refractivity contribution is -0.117. The average Bonchev–Trinajstić information content (AvgIpc) is 2.61. The first kappa shape index (κ1) is 17.8. The zero-order valence-electron chi connectivity index (χ0n) is 14.4. The minimum Gasteiger partial charge on any atom is -0.497 e. The smallest absolute Gasteiger partial charge is 0.238 e. The van der Waals surface area contributed by atoms with Crippen molar-refractivity contribution < 1.29 is 14.3 Å². The van der Waals surface area contributed by atoms with Crippen molar-refractivity contribution in [2.24, 2.45) is 0 Å². The Morgan fingerprint density at radius 3 is 2.38 bits per heavy atom. The zero-order valence-corrected chi connectivity index (χ0v) is 14.4. The van der Waals surface area contributed by atoms with Crippen LogP contribution in [-0.4, -0.2) is 38.1 Å². The van der Waals surface area contributed by atoms with Crippen LogP contribution in [0.25, 0.3) is 0 Å². The summed E-state index contributed by atoms with van der Waals surface area (Å²) in [5.41, 5.74) is 1.85. The molecule has 0 aliphatic carbocycles. The van der Waals surface area contributed by atoms with Crippen LogP contribution in [0.5, 0.6) is 11.5 Å². The molecular weight excluding hydrogens is 304 g/mol. The van der Waals surface area contributed by atoms with Gasteiger partial charge >= 0.3 is 0 Å². The molecule has 0 heterocycles. The summed E-state index contributed by atoms with van der Waals surface area (Å²) in [5, 5.41) is 2.90. The van der Waals surface area contributed by atoms with Crippen molar-refractivity contribution in [1.82, 2.24) is 4.90 Å². The van der Waals surface area contributed by atoms with Gasteiger partial charge in [0.25, 0.3) is 0 Å². The summed E-state index contributed by atoms with van der Waals surface area (Å²) in [7, 11) is 3.26. The molecule has 0 atom stereocenters. The molecule has 5 nitrogen and oxygen atoms in total. The third kappa shape index (κ3) is 5.28. The predicted octanol–water partition coefficient (Wildman–Crippen LogP) is 3.16. The highest BCUT2D eigenvalue weighted by atomic mass is 16.5. The molecule has 0 fully saturated rings. The number of anilines is 1. The topological polar surface area (TPSA) is 50.8 Å². The molecule has 1 N–H and O–H groups in total. The number of benzene rings is 2. The summed E-state index contributed by atoms with van der Waals surface area (Å²) in [6.07, 6.45) is 0. The Morgan fingerprint density at radius 2 is 1.71 bits per heavy atom. The van der Waals surface area contributed by atoms with Gasteiger partial charge in [-0.25, -0.2) is 0 Å². The van der Waals surface area contributed by atoms with Crippen molar-refractivity contribution in [3.63, 3.8) is 0 Å². The van der Waals surface area contributed by atoms with Gasteiger partial charge in [-0.3, -0.25) is 9.69 Å². The Balaban J connectivity index is 1.94. The molecule has 0 bridgehead atoms. The van der Waals surface area contributed by atoms with Crippen molar-refractivity contribution in [2.45, 2.75) is 13.5 Å². The van der Waals surface area contributed by atoms with E-state index in [0.29, 0.717) is 13.1 Å². The van der Waals surface area contributed by atoms with E-state index in [2.05, 4.69) is 10.2 Å². The van der Waals surface area contributed by atoms with Crippen molar-refractivity contribution in [3.8, 4) is 11.5 Å². The van der Waals surface area contributed by atoms with Gasteiger partial charge in [0.15, 0.2) is 0 Å². The molecule has 0 aliphatic rings. The van der Waals surface area contributed by atoms with Crippen LogP contribution in [0.1, 0.15) is 12.5 Å². The fourth-order valence-electron chi connectivity index (χ4n) is 2.41. The number of amides is 1. The SMILES string of the molecule is CCN(CC(=O)Nc1cccc(OC)c1)Cc1cccc(OC)c1. The number of likely N-dealkylation sites (N-methyl/N-ethyl adjacent to an activating group) is 1. The summed E-state index contributed by atoms with van der Waals surface area (Å²) in [5.74, 6) is 1.49. The molecule has 2 aromatic carbocycles. The van der Waals surface area contributed by atoms with Crippen molar-refractivity contribution >= 4 is 11.6 Å². The van der Waals surface area contributed by atoms with E-state index in [-0.39, 0.29) is 5.91 Å². The Morgan fingerprint density at radius 1 is 1.04 bits per heavy atom. The molecule has 0 aromatic heterocycles. The van der Waals surface area contributed by atoms with Crippen molar-refractivity contribution in [3.05, 3.63) is 54.1 Å². The summed E-state index contributed by atoms with van der Waals surface area (Å²) < 4.78 is 10.4. The highest BCUT2D eigenvalue weighted by molar-refractivity contribution is 5.92. The highest BCUT2D eigenvalue weighted by Crippen LogP contribution is 2.17. The van der Waals surface area contributed by atoms with Crippen LogP contribution in [-0.2, 0) is 11.3 Å². The van der Waals surface area contributed by atoms with E-state index in [1.165, 1.54) is 0 Å². The van der Waals surface area contributed by atoms with Crippen molar-refractivity contribution in [2.75, 3.05) is 32.6 Å². The van der Waals surface area contributed by atoms with E-state index < -0.39 is 0 Å². The van der Waals surface area contributed by atoms with Crippen LogP contribution < -0.4 is 14.8 Å². The number of methoxy groups -OCH3 is 2. The Hall–Kier alpha value is -2.53. The number of carbonyl (C=O) groups is 1. The van der Waals surface area contributed by atoms with Gasteiger partial charge in [-0.2, -0.15) is 0 Å². The van der Waals surface area contributed by atoms with Gasteiger partial charge in [-0.05, 0) is 36.4 Å². The van der Waals surface area contributed by atoms with Crippen molar-refractivity contribution in [1.29, 1.82) is 0 Å². The van der Waals surface area contributed by atoms with Gasteiger partial charge in [-0.1, -0.05) is 25.1 Å². The van der Waals surface area contributed by atoms with Crippen LogP contribution in [0.2, 0.25) is 0 Å². The standard InChI is InChI=1S/C19H24N2O3/c1-4-21(13-15-7-5-9-17(11-15)23-2)14-19(22)20-16-8-6-10-18(12-16)24-3/h5-12H,4,13-14H2,1-3H3,(H,20,22). The second kappa shape index (κ2) is 8.93. The quantitative estimate of drug-likeness (QED) is 0.809. The fraction of sp³-hybridized carbons (Fsp3) is 0.316. The molecule has 5 heteroatoms. The molecule has 24 heavy (non-hydrogen) atoms. The number of nitrogens with one attached hydrogen (secondary N) is 1. The maximum absolute atomic E-state index is 12.3. The second-order valence-corrected chi connectivity index (χ2v) is 5.43. The first-order valence-electron chi connectivity index (χ1n) is 7.93. The summed E-state index contributed by atoms with van der Waals surface area (Å²) in [6, 6.07) is 15.2. The van der Waals surface area contributed by atoms with Gasteiger partial charge in [0.05, 0.1) is 20.8 Å². The van der Waals surface area contributed by atoms with Gasteiger partial charge in [0, 0.05) is 18.3 Å². The Labute approximate surface area is 143 Å². The lowest BCUT2D eigenvalue weighted by atomic mass is 10.2. The van der Waals surface area contributed by atoms with Gasteiger partial charge in [0.2, 0.25) is 5.91 Å². The number of hydrogen-bond donors (Lipinski definition) is 1. The van der Waals surface area contributed by atoms with Crippen LogP contribution in [0.3, 0.4) is 0 Å². The first-order chi connectivity index (χ1) is 11.6. The van der Waals surface area contributed by atoms with Gasteiger partial charge < -0.3 is 14.8 Å². The maximum atomic E-state index is 12.3. The normalized spacial score (nSPS) is 10.5. The first-order valence-corrected chi connectivity index (χ1v) is 7.93. The number of ether oxygens (including phenoxy) is 2. The molecule has 0 spiro atoms. The number of rotatable bonds is 8. The number of nitrogens with zero attached hydrogens (tertiary/aromatic N) is 1. The summed E-state index contributed by atoms with van der Waals surface area (Å²) in [6.45, 7) is 3.84. The highest BCUT2D eigenvalue weighted by Gasteiger charge is 2.11.